The summed E-state index contributed by atoms with van der Waals surface area (Å²) in [6.45, 7) is 0. The zero-order valence-corrected chi connectivity index (χ0v) is 12.2. The molecule has 1 aliphatic rings. The van der Waals surface area contributed by atoms with Crippen molar-refractivity contribution in [2.75, 3.05) is 5.32 Å². The van der Waals surface area contributed by atoms with Crippen molar-refractivity contribution in [2.45, 2.75) is 0 Å². The topological polar surface area (TPSA) is 46.2 Å². The minimum absolute atomic E-state index is 0.163. The lowest BCUT2D eigenvalue weighted by molar-refractivity contribution is -0.110. The Hall–Kier alpha value is -3.20. The van der Waals surface area contributed by atoms with Gasteiger partial charge in [0.15, 0.2) is 5.78 Å². The van der Waals surface area contributed by atoms with Crippen LogP contribution in [0.2, 0.25) is 0 Å². The minimum Gasteiger partial charge on any atom is -0.321 e. The molecule has 0 spiro atoms. The van der Waals surface area contributed by atoms with E-state index in [4.69, 9.17) is 0 Å². The minimum atomic E-state index is -0.236. The molecule has 1 heterocycles. The van der Waals surface area contributed by atoms with E-state index in [0.717, 1.165) is 22.0 Å². The van der Waals surface area contributed by atoms with Crippen molar-refractivity contribution < 1.29 is 9.59 Å². The van der Waals surface area contributed by atoms with Gasteiger partial charge < -0.3 is 5.32 Å². The standard InChI is InChI=1S/C20H13NO2/c22-19(16-10-5-7-13-6-1-2-8-14(13)16)12-17-15-9-3-4-11-18(15)21-20(17)23/h1-12H,(H,21,23)/b17-12+. The Kier molecular flexibility index (Phi) is 3.05. The molecule has 0 fully saturated rings. The number of fused-ring (bicyclic) bond motifs is 2. The van der Waals surface area contributed by atoms with Crippen molar-refractivity contribution in [1.29, 1.82) is 0 Å². The Labute approximate surface area is 133 Å². The first-order valence-corrected chi connectivity index (χ1v) is 7.38. The summed E-state index contributed by atoms with van der Waals surface area (Å²) in [5, 5.41) is 4.68. The third-order valence-electron chi connectivity index (χ3n) is 4.04. The number of allylic oxidation sites excluding steroid dienone is 1. The van der Waals surface area contributed by atoms with Gasteiger partial charge in [-0.1, -0.05) is 60.7 Å². The van der Waals surface area contributed by atoms with Crippen LogP contribution in [0.1, 0.15) is 15.9 Å². The molecule has 1 aliphatic heterocycles. The maximum atomic E-state index is 12.7. The monoisotopic (exact) mass is 299 g/mol. The molecule has 0 aromatic heterocycles. The summed E-state index contributed by atoms with van der Waals surface area (Å²) in [5.41, 5.74) is 2.53. The first kappa shape index (κ1) is 13.5. The fourth-order valence-corrected chi connectivity index (χ4v) is 2.93. The zero-order valence-electron chi connectivity index (χ0n) is 12.2. The molecule has 1 amide bonds. The first-order chi connectivity index (χ1) is 11.2. The van der Waals surface area contributed by atoms with Crippen LogP contribution < -0.4 is 5.32 Å². The second kappa shape index (κ2) is 5.21. The SMILES string of the molecule is O=C1Nc2ccccc2/C1=C\C(=O)c1cccc2ccccc12. The van der Waals surface area contributed by atoms with Gasteiger partial charge in [-0.3, -0.25) is 9.59 Å². The lowest BCUT2D eigenvalue weighted by Gasteiger charge is -2.04. The van der Waals surface area contributed by atoms with Crippen LogP contribution in [0.25, 0.3) is 16.3 Å². The number of anilines is 1. The number of ketones is 1. The molecule has 0 saturated heterocycles. The van der Waals surface area contributed by atoms with E-state index in [0.29, 0.717) is 11.1 Å². The quantitative estimate of drug-likeness (QED) is 0.573. The largest absolute Gasteiger partial charge is 0.321 e. The normalized spacial score (nSPS) is 14.8. The van der Waals surface area contributed by atoms with Crippen molar-refractivity contribution in [2.24, 2.45) is 0 Å². The van der Waals surface area contributed by atoms with Gasteiger partial charge in [-0.15, -0.1) is 0 Å². The van der Waals surface area contributed by atoms with Crippen molar-refractivity contribution in [1.82, 2.24) is 0 Å². The molecular formula is C20H13NO2. The Bertz CT molecular complexity index is 980. The Morgan fingerprint density at radius 2 is 1.61 bits per heavy atom. The molecule has 110 valence electrons. The van der Waals surface area contributed by atoms with E-state index in [1.807, 2.05) is 60.7 Å². The van der Waals surface area contributed by atoms with Gasteiger partial charge in [0.25, 0.3) is 5.91 Å². The van der Waals surface area contributed by atoms with Gasteiger partial charge in [-0.2, -0.15) is 0 Å². The molecule has 1 N–H and O–H groups in total. The van der Waals surface area contributed by atoms with Crippen LogP contribution in [-0.4, -0.2) is 11.7 Å². The molecule has 3 aromatic carbocycles. The number of nitrogens with one attached hydrogen (secondary N) is 1. The lowest BCUT2D eigenvalue weighted by Crippen LogP contribution is -2.06. The number of benzene rings is 3. The third-order valence-corrected chi connectivity index (χ3v) is 4.04. The fraction of sp³-hybridized carbons (Fsp3) is 0. The summed E-state index contributed by atoms with van der Waals surface area (Å²) in [6, 6.07) is 20.7. The molecule has 0 atom stereocenters. The summed E-state index contributed by atoms with van der Waals surface area (Å²) in [4.78, 5) is 24.8. The molecule has 3 nitrogen and oxygen atoms in total. The van der Waals surface area contributed by atoms with E-state index in [2.05, 4.69) is 5.32 Å². The van der Waals surface area contributed by atoms with Gasteiger partial charge in [0.2, 0.25) is 0 Å². The summed E-state index contributed by atoms with van der Waals surface area (Å²) >= 11 is 0. The molecule has 0 unspecified atom stereocenters. The number of rotatable bonds is 2. The average Bonchev–Trinajstić information content (AvgIpc) is 2.90. The number of amides is 1. The highest BCUT2D eigenvalue weighted by Gasteiger charge is 2.24. The molecule has 23 heavy (non-hydrogen) atoms. The lowest BCUT2D eigenvalue weighted by atomic mass is 9.98. The zero-order chi connectivity index (χ0) is 15.8. The Balaban J connectivity index is 1.82. The van der Waals surface area contributed by atoms with E-state index < -0.39 is 0 Å². The van der Waals surface area contributed by atoms with Crippen molar-refractivity contribution >= 4 is 33.7 Å². The van der Waals surface area contributed by atoms with Crippen molar-refractivity contribution in [3.05, 3.63) is 83.9 Å². The Morgan fingerprint density at radius 3 is 2.52 bits per heavy atom. The third kappa shape index (κ3) is 2.23. The van der Waals surface area contributed by atoms with Crippen LogP contribution in [0.3, 0.4) is 0 Å². The second-order valence-electron chi connectivity index (χ2n) is 5.45. The molecule has 4 rings (SSSR count). The van der Waals surface area contributed by atoms with Crippen LogP contribution in [0.4, 0.5) is 5.69 Å². The number of hydrogen-bond donors (Lipinski definition) is 1. The van der Waals surface area contributed by atoms with Crippen LogP contribution in [-0.2, 0) is 4.79 Å². The highest BCUT2D eigenvalue weighted by atomic mass is 16.2. The van der Waals surface area contributed by atoms with E-state index in [9.17, 15) is 9.59 Å². The fourth-order valence-electron chi connectivity index (χ4n) is 2.93. The van der Waals surface area contributed by atoms with E-state index in [1.54, 1.807) is 6.07 Å². The predicted molar refractivity (Wildman–Crippen MR) is 91.3 cm³/mol. The molecule has 0 radical (unpaired) electrons. The average molecular weight is 299 g/mol. The van der Waals surface area contributed by atoms with E-state index in [1.165, 1.54) is 6.08 Å². The summed E-state index contributed by atoms with van der Waals surface area (Å²) in [7, 11) is 0. The molecule has 3 heteroatoms. The highest BCUT2D eigenvalue weighted by Crippen LogP contribution is 2.31. The summed E-state index contributed by atoms with van der Waals surface area (Å²) in [5.74, 6) is -0.400. The summed E-state index contributed by atoms with van der Waals surface area (Å²) < 4.78 is 0. The number of carbonyl (C=O) groups excluding carboxylic acids is 2. The number of para-hydroxylation sites is 1. The van der Waals surface area contributed by atoms with Crippen LogP contribution in [0, 0.1) is 0 Å². The highest BCUT2D eigenvalue weighted by molar-refractivity contribution is 6.35. The number of carbonyl (C=O) groups is 2. The van der Waals surface area contributed by atoms with E-state index >= 15 is 0 Å². The second-order valence-corrected chi connectivity index (χ2v) is 5.45. The predicted octanol–water partition coefficient (Wildman–Crippen LogP) is 4.06. The maximum Gasteiger partial charge on any atom is 0.256 e. The van der Waals surface area contributed by atoms with Gasteiger partial charge in [0, 0.05) is 16.8 Å². The Morgan fingerprint density at radius 1 is 0.870 bits per heavy atom. The molecule has 3 aromatic rings. The molecule has 0 saturated carbocycles. The van der Waals surface area contributed by atoms with Gasteiger partial charge in [-0.25, -0.2) is 0 Å². The van der Waals surface area contributed by atoms with Crippen LogP contribution >= 0.6 is 0 Å². The molecule has 0 aliphatic carbocycles. The van der Waals surface area contributed by atoms with Crippen LogP contribution in [0.15, 0.2) is 72.8 Å². The van der Waals surface area contributed by atoms with Gasteiger partial charge in [0.1, 0.15) is 0 Å². The van der Waals surface area contributed by atoms with Gasteiger partial charge >= 0.3 is 0 Å². The van der Waals surface area contributed by atoms with Crippen molar-refractivity contribution in [3.63, 3.8) is 0 Å². The maximum absolute atomic E-state index is 12.7. The van der Waals surface area contributed by atoms with Gasteiger partial charge in [0.05, 0.1) is 5.57 Å². The number of hydrogen-bond acceptors (Lipinski definition) is 2. The summed E-state index contributed by atoms with van der Waals surface area (Å²) in [6.07, 6.45) is 1.43. The molecule has 0 bridgehead atoms. The molecular weight excluding hydrogens is 286 g/mol. The van der Waals surface area contributed by atoms with Gasteiger partial charge in [-0.05, 0) is 22.9 Å². The van der Waals surface area contributed by atoms with Crippen LogP contribution in [0.5, 0.6) is 0 Å². The van der Waals surface area contributed by atoms with Crippen molar-refractivity contribution in [3.8, 4) is 0 Å². The first-order valence-electron chi connectivity index (χ1n) is 7.38. The van der Waals surface area contributed by atoms with E-state index in [-0.39, 0.29) is 11.7 Å². The smallest absolute Gasteiger partial charge is 0.256 e.